The lowest BCUT2D eigenvalue weighted by Gasteiger charge is -2.28. The van der Waals surface area contributed by atoms with E-state index in [2.05, 4.69) is 15.9 Å². The first-order chi connectivity index (χ1) is 9.10. The molecule has 0 fully saturated rings. The van der Waals surface area contributed by atoms with Crippen LogP contribution >= 0.6 is 15.9 Å². The number of benzene rings is 1. The average molecular weight is 358 g/mol. The highest BCUT2D eigenvalue weighted by molar-refractivity contribution is 9.10. The summed E-state index contributed by atoms with van der Waals surface area (Å²) in [5.41, 5.74) is 0.392. The van der Waals surface area contributed by atoms with Crippen LogP contribution in [0.15, 0.2) is 22.7 Å². The lowest BCUT2D eigenvalue weighted by molar-refractivity contribution is -0.157. The summed E-state index contributed by atoms with van der Waals surface area (Å²) in [6.45, 7) is -0.667. The van der Waals surface area contributed by atoms with Crippen LogP contribution in [0.2, 0.25) is 0 Å². The van der Waals surface area contributed by atoms with Crippen molar-refractivity contribution in [1.82, 2.24) is 4.90 Å². The zero-order chi connectivity index (χ0) is 15.5. The van der Waals surface area contributed by atoms with Crippen molar-refractivity contribution in [2.75, 3.05) is 13.1 Å². The fraction of sp³-hybridized carbons (Fsp3) is 0.417. The highest BCUT2D eigenvalue weighted by atomic mass is 79.9. The SMILES string of the molecule is CC(c1ccc(F)c(Br)c1)N(CC(=O)O)CC(F)(F)F. The van der Waals surface area contributed by atoms with Crippen LogP contribution in [0.25, 0.3) is 0 Å². The van der Waals surface area contributed by atoms with Crippen molar-refractivity contribution in [3.8, 4) is 0 Å². The molecule has 0 spiro atoms. The number of carbonyl (C=O) groups is 1. The van der Waals surface area contributed by atoms with Gasteiger partial charge in [-0.3, -0.25) is 9.69 Å². The van der Waals surface area contributed by atoms with Gasteiger partial charge >= 0.3 is 12.1 Å². The number of carboxylic acids is 1. The Labute approximate surface area is 121 Å². The number of rotatable bonds is 5. The molecule has 1 rings (SSSR count). The molecule has 8 heteroatoms. The maximum absolute atomic E-state index is 13.1. The maximum Gasteiger partial charge on any atom is 0.401 e. The molecule has 0 aliphatic rings. The first-order valence-corrected chi connectivity index (χ1v) is 6.37. The summed E-state index contributed by atoms with van der Waals surface area (Å²) in [4.78, 5) is 11.4. The van der Waals surface area contributed by atoms with Gasteiger partial charge in [0.15, 0.2) is 0 Å². The third-order valence-electron chi connectivity index (χ3n) is 2.69. The van der Waals surface area contributed by atoms with Crippen LogP contribution in [0.5, 0.6) is 0 Å². The number of aliphatic carboxylic acids is 1. The Morgan fingerprint density at radius 2 is 2.05 bits per heavy atom. The summed E-state index contributed by atoms with van der Waals surface area (Å²) in [7, 11) is 0. The van der Waals surface area contributed by atoms with E-state index in [0.717, 1.165) is 11.0 Å². The van der Waals surface area contributed by atoms with Gasteiger partial charge in [0.2, 0.25) is 0 Å². The van der Waals surface area contributed by atoms with Crippen LogP contribution in [0.1, 0.15) is 18.5 Å². The maximum atomic E-state index is 13.1. The second-order valence-corrected chi connectivity index (χ2v) is 5.12. The fourth-order valence-electron chi connectivity index (χ4n) is 1.72. The quantitative estimate of drug-likeness (QED) is 0.818. The minimum Gasteiger partial charge on any atom is -0.480 e. The first-order valence-electron chi connectivity index (χ1n) is 5.57. The van der Waals surface area contributed by atoms with Gasteiger partial charge in [-0.2, -0.15) is 13.2 Å². The smallest absolute Gasteiger partial charge is 0.401 e. The first kappa shape index (κ1) is 16.9. The second-order valence-electron chi connectivity index (χ2n) is 4.26. The molecule has 3 nitrogen and oxygen atoms in total. The minimum atomic E-state index is -4.51. The summed E-state index contributed by atoms with van der Waals surface area (Å²) in [5, 5.41) is 8.70. The van der Waals surface area contributed by atoms with Crippen molar-refractivity contribution in [2.45, 2.75) is 19.1 Å². The largest absolute Gasteiger partial charge is 0.480 e. The second kappa shape index (κ2) is 6.53. The molecule has 0 aliphatic carbocycles. The van der Waals surface area contributed by atoms with Gasteiger partial charge in [0.05, 0.1) is 17.6 Å². The van der Waals surface area contributed by atoms with Crippen molar-refractivity contribution < 1.29 is 27.5 Å². The van der Waals surface area contributed by atoms with E-state index in [1.807, 2.05) is 0 Å². The molecule has 0 heterocycles. The molecule has 1 atom stereocenters. The number of alkyl halides is 3. The molecule has 0 saturated carbocycles. The van der Waals surface area contributed by atoms with E-state index in [0.29, 0.717) is 5.56 Å². The zero-order valence-electron chi connectivity index (χ0n) is 10.4. The van der Waals surface area contributed by atoms with Crippen molar-refractivity contribution in [2.24, 2.45) is 0 Å². The summed E-state index contributed by atoms with van der Waals surface area (Å²) in [6.07, 6.45) is -4.51. The molecule has 1 N–H and O–H groups in total. The van der Waals surface area contributed by atoms with Gasteiger partial charge in [-0.15, -0.1) is 0 Å². The van der Waals surface area contributed by atoms with Gasteiger partial charge < -0.3 is 5.11 Å². The van der Waals surface area contributed by atoms with Gasteiger partial charge in [0.25, 0.3) is 0 Å². The molecule has 0 bridgehead atoms. The standard InChI is InChI=1S/C12H12BrF4NO2/c1-7(8-2-3-10(14)9(13)4-8)18(5-11(19)20)6-12(15,16)17/h2-4,7H,5-6H2,1H3,(H,19,20). The molecule has 1 aromatic rings. The van der Waals surface area contributed by atoms with E-state index in [4.69, 9.17) is 5.11 Å². The fourth-order valence-corrected chi connectivity index (χ4v) is 2.11. The number of carboxylic acid groups (broad SMARTS) is 1. The van der Waals surface area contributed by atoms with E-state index in [-0.39, 0.29) is 4.47 Å². The van der Waals surface area contributed by atoms with Gasteiger partial charge in [-0.1, -0.05) is 6.07 Å². The lowest BCUT2D eigenvalue weighted by Crippen LogP contribution is -2.39. The van der Waals surface area contributed by atoms with Gasteiger partial charge in [0, 0.05) is 6.04 Å². The summed E-state index contributed by atoms with van der Waals surface area (Å²) >= 11 is 2.94. The Kier molecular flexibility index (Phi) is 5.52. The average Bonchev–Trinajstić information content (AvgIpc) is 2.28. The summed E-state index contributed by atoms with van der Waals surface area (Å²) in [6, 6.07) is 2.97. The molecule has 1 unspecified atom stereocenters. The third kappa shape index (κ3) is 5.09. The molecule has 20 heavy (non-hydrogen) atoms. The predicted octanol–water partition coefficient (Wildman–Crippen LogP) is 3.60. The number of hydrogen-bond donors (Lipinski definition) is 1. The van der Waals surface area contributed by atoms with Crippen molar-refractivity contribution in [3.63, 3.8) is 0 Å². The topological polar surface area (TPSA) is 40.5 Å². The lowest BCUT2D eigenvalue weighted by atomic mass is 10.1. The third-order valence-corrected chi connectivity index (χ3v) is 3.30. The van der Waals surface area contributed by atoms with Crippen molar-refractivity contribution >= 4 is 21.9 Å². The van der Waals surface area contributed by atoms with Gasteiger partial charge in [-0.25, -0.2) is 4.39 Å². The van der Waals surface area contributed by atoms with Crippen LogP contribution in [-0.4, -0.2) is 35.2 Å². The Hall–Kier alpha value is -1.15. The predicted molar refractivity (Wildman–Crippen MR) is 67.8 cm³/mol. The van der Waals surface area contributed by atoms with Crippen LogP contribution in [0, 0.1) is 5.82 Å². The summed E-state index contributed by atoms with van der Waals surface area (Å²) in [5.74, 6) is -1.90. The monoisotopic (exact) mass is 357 g/mol. The molecule has 0 aliphatic heterocycles. The van der Waals surface area contributed by atoms with Crippen LogP contribution in [0.4, 0.5) is 17.6 Å². The van der Waals surface area contributed by atoms with E-state index >= 15 is 0 Å². The van der Waals surface area contributed by atoms with E-state index in [9.17, 15) is 22.4 Å². The Morgan fingerprint density at radius 1 is 1.45 bits per heavy atom. The minimum absolute atomic E-state index is 0.115. The number of halogens is 5. The Bertz CT molecular complexity index is 493. The zero-order valence-corrected chi connectivity index (χ0v) is 12.0. The highest BCUT2D eigenvalue weighted by Gasteiger charge is 2.34. The summed E-state index contributed by atoms with van der Waals surface area (Å²) < 4.78 is 50.6. The molecule has 0 amide bonds. The normalized spacial score (nSPS) is 13.6. The molecule has 0 saturated heterocycles. The molecular weight excluding hydrogens is 346 g/mol. The van der Waals surface area contributed by atoms with Crippen LogP contribution < -0.4 is 0 Å². The highest BCUT2D eigenvalue weighted by Crippen LogP contribution is 2.28. The Balaban J connectivity index is 2.99. The van der Waals surface area contributed by atoms with Gasteiger partial charge in [0.1, 0.15) is 5.82 Å². The number of hydrogen-bond acceptors (Lipinski definition) is 2. The molecule has 1 aromatic carbocycles. The molecule has 0 radical (unpaired) electrons. The van der Waals surface area contributed by atoms with E-state index < -0.39 is 37.1 Å². The Morgan fingerprint density at radius 3 is 2.50 bits per heavy atom. The molecule has 0 aromatic heterocycles. The van der Waals surface area contributed by atoms with Crippen LogP contribution in [0.3, 0.4) is 0 Å². The molecule has 112 valence electrons. The van der Waals surface area contributed by atoms with Crippen molar-refractivity contribution in [3.05, 3.63) is 34.1 Å². The van der Waals surface area contributed by atoms with Gasteiger partial charge in [-0.05, 0) is 40.5 Å². The molecular formula is C12H12BrF4NO2. The van der Waals surface area contributed by atoms with E-state index in [1.54, 1.807) is 0 Å². The van der Waals surface area contributed by atoms with Crippen molar-refractivity contribution in [1.29, 1.82) is 0 Å². The van der Waals surface area contributed by atoms with Crippen LogP contribution in [-0.2, 0) is 4.79 Å². The van der Waals surface area contributed by atoms with E-state index in [1.165, 1.54) is 19.1 Å². The number of nitrogens with zero attached hydrogens (tertiary/aromatic N) is 1.